The number of benzene rings is 2. The zero-order valence-electron chi connectivity index (χ0n) is 16.5. The third-order valence-electron chi connectivity index (χ3n) is 4.46. The molecule has 0 radical (unpaired) electrons. The SMILES string of the molecule is O=C(CSc1ncnc2c1cnn2-c1ccccc1)Nc1ccc([N+](=O)[O-])cc1C(F)(F)F. The van der Waals surface area contributed by atoms with Crippen molar-refractivity contribution in [2.24, 2.45) is 0 Å². The Labute approximate surface area is 187 Å². The van der Waals surface area contributed by atoms with Gasteiger partial charge in [0, 0.05) is 12.1 Å². The van der Waals surface area contributed by atoms with Crippen molar-refractivity contribution in [3.8, 4) is 5.69 Å². The van der Waals surface area contributed by atoms with Gasteiger partial charge in [0.05, 0.1) is 39.2 Å². The lowest BCUT2D eigenvalue weighted by atomic mass is 10.1. The van der Waals surface area contributed by atoms with Gasteiger partial charge in [0.15, 0.2) is 5.65 Å². The van der Waals surface area contributed by atoms with Crippen molar-refractivity contribution < 1.29 is 22.9 Å². The van der Waals surface area contributed by atoms with Crippen LogP contribution in [0.15, 0.2) is 66.1 Å². The number of hydrogen-bond donors (Lipinski definition) is 1. The Balaban J connectivity index is 1.52. The van der Waals surface area contributed by atoms with Gasteiger partial charge in [-0.05, 0) is 18.2 Å². The molecule has 1 amide bonds. The maximum atomic E-state index is 13.3. The summed E-state index contributed by atoms with van der Waals surface area (Å²) < 4.78 is 41.5. The van der Waals surface area contributed by atoms with E-state index in [-0.39, 0.29) is 5.75 Å². The highest BCUT2D eigenvalue weighted by atomic mass is 32.2. The molecule has 1 N–H and O–H groups in total. The summed E-state index contributed by atoms with van der Waals surface area (Å²) in [6.07, 6.45) is -2.03. The molecule has 168 valence electrons. The van der Waals surface area contributed by atoms with Crippen molar-refractivity contribution in [3.63, 3.8) is 0 Å². The molecular formula is C20H13F3N6O3S. The van der Waals surface area contributed by atoms with Gasteiger partial charge in [0.25, 0.3) is 5.69 Å². The normalized spacial score (nSPS) is 11.5. The van der Waals surface area contributed by atoms with E-state index in [1.807, 2.05) is 30.3 Å². The van der Waals surface area contributed by atoms with Gasteiger partial charge in [-0.1, -0.05) is 30.0 Å². The molecule has 0 fully saturated rings. The number of nitro groups is 1. The van der Waals surface area contributed by atoms with Crippen LogP contribution in [0, 0.1) is 10.1 Å². The lowest BCUT2D eigenvalue weighted by Gasteiger charge is -2.13. The van der Waals surface area contributed by atoms with Gasteiger partial charge in [-0.15, -0.1) is 0 Å². The summed E-state index contributed by atoms with van der Waals surface area (Å²) in [5.41, 5.74) is -1.31. The van der Waals surface area contributed by atoms with Gasteiger partial charge in [-0.3, -0.25) is 14.9 Å². The molecule has 0 aliphatic rings. The van der Waals surface area contributed by atoms with Crippen LogP contribution in [0.3, 0.4) is 0 Å². The van der Waals surface area contributed by atoms with Gasteiger partial charge in [0.1, 0.15) is 11.4 Å². The summed E-state index contributed by atoms with van der Waals surface area (Å²) in [4.78, 5) is 30.6. The number of hydrogen-bond acceptors (Lipinski definition) is 7. The molecule has 0 saturated carbocycles. The largest absolute Gasteiger partial charge is 0.418 e. The summed E-state index contributed by atoms with van der Waals surface area (Å²) in [5, 5.41) is 18.3. The number of amides is 1. The molecule has 4 rings (SSSR count). The number of anilines is 1. The maximum absolute atomic E-state index is 13.3. The summed E-state index contributed by atoms with van der Waals surface area (Å²) in [6, 6.07) is 11.4. The molecule has 4 aromatic rings. The third kappa shape index (κ3) is 4.77. The van der Waals surface area contributed by atoms with E-state index in [4.69, 9.17) is 0 Å². The van der Waals surface area contributed by atoms with Crippen LogP contribution in [0.25, 0.3) is 16.7 Å². The van der Waals surface area contributed by atoms with Crippen molar-refractivity contribution in [3.05, 3.63) is 76.7 Å². The minimum absolute atomic E-state index is 0.253. The van der Waals surface area contributed by atoms with Gasteiger partial charge in [0.2, 0.25) is 5.91 Å². The Morgan fingerprint density at radius 3 is 2.61 bits per heavy atom. The average Bonchev–Trinajstić information content (AvgIpc) is 3.22. The predicted molar refractivity (Wildman–Crippen MR) is 114 cm³/mol. The summed E-state index contributed by atoms with van der Waals surface area (Å²) in [5.74, 6) is -0.988. The Hall–Kier alpha value is -4.00. The fourth-order valence-corrected chi connectivity index (χ4v) is 3.77. The van der Waals surface area contributed by atoms with Crippen molar-refractivity contribution in [1.29, 1.82) is 0 Å². The molecule has 2 aromatic heterocycles. The highest BCUT2D eigenvalue weighted by Gasteiger charge is 2.35. The lowest BCUT2D eigenvalue weighted by molar-refractivity contribution is -0.385. The number of nitrogens with zero attached hydrogens (tertiary/aromatic N) is 5. The minimum atomic E-state index is -4.88. The van der Waals surface area contributed by atoms with Gasteiger partial charge < -0.3 is 5.32 Å². The van der Waals surface area contributed by atoms with E-state index in [2.05, 4.69) is 20.4 Å². The number of nitrogens with one attached hydrogen (secondary N) is 1. The van der Waals surface area contributed by atoms with E-state index in [0.29, 0.717) is 22.1 Å². The van der Waals surface area contributed by atoms with Crippen molar-refractivity contribution in [1.82, 2.24) is 19.7 Å². The fourth-order valence-electron chi connectivity index (χ4n) is 3.01. The van der Waals surface area contributed by atoms with Crippen LogP contribution in [0.5, 0.6) is 0 Å². The van der Waals surface area contributed by atoms with Crippen LogP contribution in [0.4, 0.5) is 24.5 Å². The number of halogens is 3. The van der Waals surface area contributed by atoms with E-state index in [9.17, 15) is 28.1 Å². The van der Waals surface area contributed by atoms with E-state index >= 15 is 0 Å². The molecule has 33 heavy (non-hydrogen) atoms. The predicted octanol–water partition coefficient (Wildman–Crippen LogP) is 4.47. The number of para-hydroxylation sites is 1. The molecule has 0 atom stereocenters. The molecule has 13 heteroatoms. The van der Waals surface area contributed by atoms with E-state index < -0.39 is 33.9 Å². The quantitative estimate of drug-likeness (QED) is 0.190. The molecule has 2 aromatic carbocycles. The van der Waals surface area contributed by atoms with E-state index in [0.717, 1.165) is 29.6 Å². The lowest BCUT2D eigenvalue weighted by Crippen LogP contribution is -2.18. The standard InChI is InChI=1S/C20H13F3N6O3S/c21-20(22,23)15-8-13(29(31)32)6-7-16(15)27-17(30)10-33-19-14-9-26-28(18(14)24-11-25-19)12-4-2-1-3-5-12/h1-9,11H,10H2,(H,27,30). The van der Waals surface area contributed by atoms with E-state index in [1.54, 1.807) is 10.9 Å². The first-order valence-corrected chi connectivity index (χ1v) is 10.2. The molecule has 9 nitrogen and oxygen atoms in total. The third-order valence-corrected chi connectivity index (χ3v) is 5.47. The van der Waals surface area contributed by atoms with E-state index in [1.165, 1.54) is 6.33 Å². The number of thioether (sulfide) groups is 1. The van der Waals surface area contributed by atoms with Crippen LogP contribution >= 0.6 is 11.8 Å². The van der Waals surface area contributed by atoms with Crippen LogP contribution in [0.2, 0.25) is 0 Å². The number of fused-ring (bicyclic) bond motifs is 1. The Bertz CT molecular complexity index is 1340. The van der Waals surface area contributed by atoms with Crippen LogP contribution in [-0.4, -0.2) is 36.3 Å². The Morgan fingerprint density at radius 1 is 1.15 bits per heavy atom. The Kier molecular flexibility index (Phi) is 5.96. The first kappa shape index (κ1) is 22.2. The van der Waals surface area contributed by atoms with Crippen molar-refractivity contribution in [2.45, 2.75) is 11.2 Å². The smallest absolute Gasteiger partial charge is 0.325 e. The van der Waals surface area contributed by atoms with Crippen molar-refractivity contribution >= 4 is 40.1 Å². The first-order valence-electron chi connectivity index (χ1n) is 9.26. The molecular weight excluding hydrogens is 461 g/mol. The molecule has 0 saturated heterocycles. The topological polar surface area (TPSA) is 116 Å². The number of alkyl halides is 3. The van der Waals surface area contributed by atoms with Gasteiger partial charge in [-0.25, -0.2) is 14.6 Å². The second-order valence-electron chi connectivity index (χ2n) is 6.63. The first-order chi connectivity index (χ1) is 15.7. The molecule has 0 spiro atoms. The fraction of sp³-hybridized carbons (Fsp3) is 0.100. The summed E-state index contributed by atoms with van der Waals surface area (Å²) >= 11 is 1.00. The second kappa shape index (κ2) is 8.86. The molecule has 0 aliphatic carbocycles. The van der Waals surface area contributed by atoms with Gasteiger partial charge >= 0.3 is 6.18 Å². The van der Waals surface area contributed by atoms with Crippen LogP contribution < -0.4 is 5.32 Å². The molecule has 2 heterocycles. The number of non-ortho nitro benzene ring substituents is 1. The minimum Gasteiger partial charge on any atom is -0.325 e. The number of rotatable bonds is 6. The Morgan fingerprint density at radius 2 is 1.91 bits per heavy atom. The number of aromatic nitrogens is 4. The highest BCUT2D eigenvalue weighted by Crippen LogP contribution is 2.37. The zero-order chi connectivity index (χ0) is 23.6. The monoisotopic (exact) mass is 474 g/mol. The number of carbonyl (C=O) groups excluding carboxylic acids is 1. The molecule has 0 unspecified atom stereocenters. The second-order valence-corrected chi connectivity index (χ2v) is 7.59. The highest BCUT2D eigenvalue weighted by molar-refractivity contribution is 8.00. The summed E-state index contributed by atoms with van der Waals surface area (Å²) in [7, 11) is 0. The summed E-state index contributed by atoms with van der Waals surface area (Å²) in [6.45, 7) is 0. The molecule has 0 bridgehead atoms. The average molecular weight is 474 g/mol. The number of carbonyl (C=O) groups is 1. The number of nitro benzene ring substituents is 1. The van der Waals surface area contributed by atoms with Gasteiger partial charge in [-0.2, -0.15) is 18.3 Å². The van der Waals surface area contributed by atoms with Crippen molar-refractivity contribution in [2.75, 3.05) is 11.1 Å². The maximum Gasteiger partial charge on any atom is 0.418 e. The van der Waals surface area contributed by atoms with Crippen LogP contribution in [-0.2, 0) is 11.0 Å². The molecule has 0 aliphatic heterocycles. The zero-order valence-corrected chi connectivity index (χ0v) is 17.3. The van der Waals surface area contributed by atoms with Crippen LogP contribution in [0.1, 0.15) is 5.56 Å².